The Morgan fingerprint density at radius 1 is 1.10 bits per heavy atom. The topological polar surface area (TPSA) is 59.9 Å². The minimum Gasteiger partial charge on any atom is -0.480 e. The number of urea groups is 1. The van der Waals surface area contributed by atoms with E-state index in [4.69, 9.17) is 0 Å². The minimum absolute atomic E-state index is 0.0593. The molecule has 2 aliphatic rings. The quantitative estimate of drug-likeness (QED) is 0.617. The molecule has 1 aliphatic carbocycles. The summed E-state index contributed by atoms with van der Waals surface area (Å²) in [5.74, 6) is -11.1. The number of hydrogen-bond acceptors (Lipinski definition) is 3. The minimum atomic E-state index is -5.93. The van der Waals surface area contributed by atoms with Crippen LogP contribution < -0.4 is 5.32 Å². The number of aliphatic imine (C=N–C) groups is 1. The van der Waals surface area contributed by atoms with Crippen LogP contribution in [0.5, 0.6) is 0 Å². The van der Waals surface area contributed by atoms with E-state index in [0.717, 1.165) is 0 Å². The summed E-state index contributed by atoms with van der Waals surface area (Å²) in [6.45, 7) is -1.36. The van der Waals surface area contributed by atoms with Gasteiger partial charge in [-0.05, 0) is 19.1 Å². The number of amides is 2. The molecule has 0 bridgehead atoms. The maximum Gasteiger partial charge on any atom is 0.420 e. The number of carbonyl (C=O) groups excluding carboxylic acids is 1. The number of nitrogens with zero attached hydrogens (tertiary/aromatic N) is 1. The molecule has 0 saturated carbocycles. The van der Waals surface area contributed by atoms with Crippen LogP contribution >= 0.6 is 0 Å². The summed E-state index contributed by atoms with van der Waals surface area (Å²) in [4.78, 5) is 14.3. The van der Waals surface area contributed by atoms with Gasteiger partial charge in [-0.25, -0.2) is 4.79 Å². The van der Waals surface area contributed by atoms with Crippen molar-refractivity contribution in [3.63, 3.8) is 0 Å². The zero-order valence-corrected chi connectivity index (χ0v) is 14.5. The number of carbonyl (C=O) groups is 1. The van der Waals surface area contributed by atoms with Crippen molar-refractivity contribution in [1.29, 1.82) is 0 Å². The van der Waals surface area contributed by atoms with Gasteiger partial charge >= 0.3 is 30.2 Å². The van der Waals surface area contributed by atoms with Gasteiger partial charge in [0.1, 0.15) is 6.26 Å². The second kappa shape index (κ2) is 7.19. The monoisotopic (exact) mass is 456 g/mol. The number of ether oxygens (including phenoxy) is 2. The molecule has 0 spiro atoms. The fourth-order valence-corrected chi connectivity index (χ4v) is 2.08. The summed E-state index contributed by atoms with van der Waals surface area (Å²) < 4.78 is 140. The molecule has 15 heteroatoms. The molecule has 0 atom stereocenters. The Labute approximate surface area is 160 Å². The predicted octanol–water partition coefficient (Wildman–Crippen LogP) is 4.63. The Morgan fingerprint density at radius 3 is 2.13 bits per heavy atom. The van der Waals surface area contributed by atoms with E-state index in [2.05, 4.69) is 14.5 Å². The van der Waals surface area contributed by atoms with Crippen molar-refractivity contribution in [2.75, 3.05) is 6.61 Å². The Balaban J connectivity index is 2.18. The zero-order chi connectivity index (χ0) is 23.2. The standard InChI is InChI=1S/C15H10F10N2O3/c1-11(14(20,21)22,15(23,24)25)27-10(28)26-9-6-29-8(5-30-9)7-3-2-4-12(16,17)13(7,18)19/h2-5H,6H2,1H3,(H,27,28). The highest BCUT2D eigenvalue weighted by Gasteiger charge is 2.68. The van der Waals surface area contributed by atoms with Gasteiger partial charge in [0, 0.05) is 0 Å². The van der Waals surface area contributed by atoms with Gasteiger partial charge in [-0.2, -0.15) is 48.9 Å². The molecular weight excluding hydrogens is 446 g/mol. The van der Waals surface area contributed by atoms with Crippen molar-refractivity contribution in [3.05, 3.63) is 35.8 Å². The fourth-order valence-electron chi connectivity index (χ4n) is 2.08. The average Bonchev–Trinajstić information content (AvgIpc) is 2.56. The van der Waals surface area contributed by atoms with Crippen molar-refractivity contribution in [2.45, 2.75) is 36.7 Å². The molecule has 1 aliphatic heterocycles. The molecule has 2 rings (SSSR count). The molecule has 0 fully saturated rings. The van der Waals surface area contributed by atoms with E-state index < -0.39 is 59.6 Å². The molecule has 1 N–H and O–H groups in total. The molecule has 1 heterocycles. The van der Waals surface area contributed by atoms with E-state index in [-0.39, 0.29) is 13.0 Å². The van der Waals surface area contributed by atoms with Gasteiger partial charge in [-0.15, -0.1) is 0 Å². The Bertz CT molecular complexity index is 823. The second-order valence-electron chi connectivity index (χ2n) is 6.08. The van der Waals surface area contributed by atoms with Gasteiger partial charge in [-0.3, -0.25) is 0 Å². The smallest absolute Gasteiger partial charge is 0.420 e. The Morgan fingerprint density at radius 2 is 1.67 bits per heavy atom. The van der Waals surface area contributed by atoms with Crippen LogP contribution in [-0.2, 0) is 9.47 Å². The number of halogens is 10. The van der Waals surface area contributed by atoms with Crippen molar-refractivity contribution < 1.29 is 58.2 Å². The zero-order valence-electron chi connectivity index (χ0n) is 14.5. The number of allylic oxidation sites excluding steroid dienone is 4. The van der Waals surface area contributed by atoms with Gasteiger partial charge in [0.2, 0.25) is 11.4 Å². The summed E-state index contributed by atoms with van der Waals surface area (Å²) in [5, 5.41) is 0.647. The molecule has 0 saturated heterocycles. The van der Waals surface area contributed by atoms with Gasteiger partial charge in [0.25, 0.3) is 0 Å². The number of nitrogens with one attached hydrogen (secondary N) is 1. The van der Waals surface area contributed by atoms with Crippen LogP contribution in [0.2, 0.25) is 0 Å². The highest BCUT2D eigenvalue weighted by atomic mass is 19.4. The van der Waals surface area contributed by atoms with E-state index in [0.29, 0.717) is 23.7 Å². The molecule has 2 amide bonds. The number of rotatable bonds is 2. The third-order valence-electron chi connectivity index (χ3n) is 3.96. The lowest BCUT2D eigenvalue weighted by atomic mass is 9.95. The molecular formula is C15H10F10N2O3. The first-order valence-corrected chi connectivity index (χ1v) is 7.61. The van der Waals surface area contributed by atoms with Gasteiger partial charge in [0.15, 0.2) is 12.4 Å². The molecule has 0 aromatic carbocycles. The lowest BCUT2D eigenvalue weighted by Gasteiger charge is -2.33. The Hall–Kier alpha value is -2.74. The largest absolute Gasteiger partial charge is 0.480 e. The van der Waals surface area contributed by atoms with Crippen LogP contribution in [0, 0.1) is 0 Å². The molecule has 0 radical (unpaired) electrons. The van der Waals surface area contributed by atoms with E-state index in [9.17, 15) is 48.7 Å². The van der Waals surface area contributed by atoms with Gasteiger partial charge < -0.3 is 14.8 Å². The van der Waals surface area contributed by atoms with E-state index in [1.165, 1.54) is 0 Å². The fraction of sp³-hybridized carbons (Fsp3) is 0.467. The first-order valence-electron chi connectivity index (χ1n) is 7.61. The summed E-state index contributed by atoms with van der Waals surface area (Å²) >= 11 is 0. The first kappa shape index (κ1) is 23.5. The van der Waals surface area contributed by atoms with Crippen LogP contribution in [-0.4, -0.2) is 48.3 Å². The van der Waals surface area contributed by atoms with Crippen molar-refractivity contribution in [3.8, 4) is 0 Å². The Kier molecular flexibility index (Phi) is 5.64. The summed E-state index contributed by atoms with van der Waals surface area (Å²) in [6.07, 6.45) is -10.4. The molecule has 0 unspecified atom stereocenters. The summed E-state index contributed by atoms with van der Waals surface area (Å²) in [5.41, 5.74) is -5.95. The van der Waals surface area contributed by atoms with E-state index in [1.807, 2.05) is 0 Å². The first-order chi connectivity index (χ1) is 13.4. The summed E-state index contributed by atoms with van der Waals surface area (Å²) in [7, 11) is 0. The molecule has 168 valence electrons. The highest BCUT2D eigenvalue weighted by Crippen LogP contribution is 2.46. The molecule has 0 aromatic heterocycles. The molecule has 0 aromatic rings. The summed E-state index contributed by atoms with van der Waals surface area (Å²) in [6, 6.07) is -2.13. The van der Waals surface area contributed by atoms with Crippen LogP contribution in [0.15, 0.2) is 40.8 Å². The van der Waals surface area contributed by atoms with E-state index in [1.54, 1.807) is 0 Å². The van der Waals surface area contributed by atoms with Crippen molar-refractivity contribution >= 4 is 11.9 Å². The maximum absolute atomic E-state index is 13.8. The van der Waals surface area contributed by atoms with E-state index >= 15 is 0 Å². The lowest BCUT2D eigenvalue weighted by Crippen LogP contribution is -2.65. The average molecular weight is 456 g/mol. The number of alkyl halides is 10. The SMILES string of the molecule is CC(NC(=O)N=C1COC(C2=CC=CC(F)(F)C2(F)F)=CO1)(C(F)(F)F)C(F)(F)F. The maximum atomic E-state index is 13.8. The lowest BCUT2D eigenvalue weighted by molar-refractivity contribution is -0.297. The van der Waals surface area contributed by atoms with Gasteiger partial charge in [-0.1, -0.05) is 6.08 Å². The van der Waals surface area contributed by atoms with Crippen molar-refractivity contribution in [2.24, 2.45) is 4.99 Å². The molecule has 30 heavy (non-hydrogen) atoms. The molecule has 5 nitrogen and oxygen atoms in total. The van der Waals surface area contributed by atoms with Gasteiger partial charge in [0.05, 0.1) is 5.57 Å². The van der Waals surface area contributed by atoms with Crippen LogP contribution in [0.25, 0.3) is 0 Å². The highest BCUT2D eigenvalue weighted by molar-refractivity contribution is 5.92. The van der Waals surface area contributed by atoms with Crippen molar-refractivity contribution in [1.82, 2.24) is 5.32 Å². The third-order valence-corrected chi connectivity index (χ3v) is 3.96. The van der Waals surface area contributed by atoms with Crippen LogP contribution in [0.4, 0.5) is 48.7 Å². The second-order valence-corrected chi connectivity index (χ2v) is 6.08. The third kappa shape index (κ3) is 4.09. The number of hydrogen-bond donors (Lipinski definition) is 1. The van der Waals surface area contributed by atoms with Crippen LogP contribution in [0.1, 0.15) is 6.92 Å². The normalized spacial score (nSPS) is 22.6. The predicted molar refractivity (Wildman–Crippen MR) is 78.7 cm³/mol. The van der Waals surface area contributed by atoms with Crippen LogP contribution in [0.3, 0.4) is 0 Å².